The molecule has 0 amide bonds. The SMILES string of the molecule is Nc1cc(Br)c2c(c1)OC(F)(F)O2. The topological polar surface area (TPSA) is 44.5 Å². The maximum absolute atomic E-state index is 12.5. The third-order valence-electron chi connectivity index (χ3n) is 1.48. The van der Waals surface area contributed by atoms with Crippen molar-refractivity contribution < 1.29 is 18.3 Å². The first-order chi connectivity index (χ1) is 5.98. The van der Waals surface area contributed by atoms with Gasteiger partial charge < -0.3 is 15.2 Å². The summed E-state index contributed by atoms with van der Waals surface area (Å²) in [7, 11) is 0. The highest BCUT2D eigenvalue weighted by atomic mass is 79.9. The second-order valence-corrected chi connectivity index (χ2v) is 3.35. The maximum Gasteiger partial charge on any atom is 0.586 e. The number of anilines is 1. The quantitative estimate of drug-likeness (QED) is 0.721. The minimum absolute atomic E-state index is 0.0285. The normalized spacial score (nSPS) is 17.5. The summed E-state index contributed by atoms with van der Waals surface area (Å²) >= 11 is 3.03. The van der Waals surface area contributed by atoms with Gasteiger partial charge in [0.1, 0.15) is 0 Å². The minimum atomic E-state index is -3.60. The molecule has 6 heteroatoms. The lowest BCUT2D eigenvalue weighted by molar-refractivity contribution is -0.286. The molecule has 0 bridgehead atoms. The van der Waals surface area contributed by atoms with Crippen molar-refractivity contribution in [1.29, 1.82) is 0 Å². The molecule has 0 saturated heterocycles. The highest BCUT2D eigenvalue weighted by Crippen LogP contribution is 2.46. The zero-order valence-electron chi connectivity index (χ0n) is 6.18. The van der Waals surface area contributed by atoms with Gasteiger partial charge >= 0.3 is 6.29 Å². The van der Waals surface area contributed by atoms with Crippen molar-refractivity contribution in [3.05, 3.63) is 16.6 Å². The number of halogens is 3. The van der Waals surface area contributed by atoms with Crippen molar-refractivity contribution in [2.45, 2.75) is 6.29 Å². The van der Waals surface area contributed by atoms with E-state index >= 15 is 0 Å². The van der Waals surface area contributed by atoms with Gasteiger partial charge in [-0.1, -0.05) is 0 Å². The van der Waals surface area contributed by atoms with E-state index in [1.165, 1.54) is 12.1 Å². The maximum atomic E-state index is 12.5. The van der Waals surface area contributed by atoms with Gasteiger partial charge in [0.25, 0.3) is 0 Å². The number of nitrogens with two attached hydrogens (primary N) is 1. The summed E-state index contributed by atoms with van der Waals surface area (Å²) in [6.45, 7) is 0. The highest BCUT2D eigenvalue weighted by Gasteiger charge is 2.44. The van der Waals surface area contributed by atoms with Crippen LogP contribution in [0.1, 0.15) is 0 Å². The summed E-state index contributed by atoms with van der Waals surface area (Å²) in [6.07, 6.45) is -3.60. The Morgan fingerprint density at radius 2 is 2.00 bits per heavy atom. The van der Waals surface area contributed by atoms with Gasteiger partial charge in [-0.05, 0) is 22.0 Å². The molecule has 1 aromatic rings. The molecule has 0 aromatic heterocycles. The summed E-state index contributed by atoms with van der Waals surface area (Å²) in [4.78, 5) is 0. The van der Waals surface area contributed by atoms with Crippen LogP contribution < -0.4 is 15.2 Å². The summed E-state index contributed by atoms with van der Waals surface area (Å²) in [6, 6.07) is 2.74. The number of hydrogen-bond donors (Lipinski definition) is 1. The van der Waals surface area contributed by atoms with Gasteiger partial charge in [0.2, 0.25) is 0 Å². The summed E-state index contributed by atoms with van der Waals surface area (Å²) in [5, 5.41) is 0. The molecule has 0 atom stereocenters. The molecule has 3 nitrogen and oxygen atoms in total. The van der Waals surface area contributed by atoms with Gasteiger partial charge in [0.05, 0.1) is 4.47 Å². The second kappa shape index (κ2) is 2.47. The lowest BCUT2D eigenvalue weighted by Gasteiger charge is -2.04. The van der Waals surface area contributed by atoms with Crippen molar-refractivity contribution in [2.75, 3.05) is 5.73 Å². The molecule has 0 radical (unpaired) electrons. The van der Waals surface area contributed by atoms with Gasteiger partial charge in [-0.2, -0.15) is 0 Å². The molecule has 1 heterocycles. The fourth-order valence-electron chi connectivity index (χ4n) is 1.03. The molecular formula is C7H4BrF2NO2. The third kappa shape index (κ3) is 1.41. The Morgan fingerprint density at radius 3 is 2.69 bits per heavy atom. The second-order valence-electron chi connectivity index (χ2n) is 2.50. The zero-order chi connectivity index (χ0) is 9.64. The lowest BCUT2D eigenvalue weighted by Crippen LogP contribution is -2.26. The number of benzene rings is 1. The Balaban J connectivity index is 2.52. The van der Waals surface area contributed by atoms with E-state index in [0.717, 1.165) is 0 Å². The standard InChI is InChI=1S/C7H4BrF2NO2/c8-4-1-3(11)2-5-6(4)13-7(9,10)12-5/h1-2H,11H2. The van der Waals surface area contributed by atoms with Crippen LogP contribution in [0.3, 0.4) is 0 Å². The highest BCUT2D eigenvalue weighted by molar-refractivity contribution is 9.10. The first-order valence-electron chi connectivity index (χ1n) is 3.33. The molecule has 1 aromatic carbocycles. The summed E-state index contributed by atoms with van der Waals surface area (Å²) in [5.41, 5.74) is 5.74. The van der Waals surface area contributed by atoms with E-state index < -0.39 is 6.29 Å². The Labute approximate surface area is 80.6 Å². The number of rotatable bonds is 0. The van der Waals surface area contributed by atoms with Crippen LogP contribution in [0, 0.1) is 0 Å². The van der Waals surface area contributed by atoms with Crippen LogP contribution in [0.25, 0.3) is 0 Å². The van der Waals surface area contributed by atoms with Gasteiger partial charge in [0.15, 0.2) is 11.5 Å². The average molecular weight is 252 g/mol. The van der Waals surface area contributed by atoms with Crippen molar-refractivity contribution >= 4 is 21.6 Å². The first-order valence-corrected chi connectivity index (χ1v) is 4.12. The van der Waals surface area contributed by atoms with Crippen LogP contribution in [-0.4, -0.2) is 6.29 Å². The monoisotopic (exact) mass is 251 g/mol. The number of ether oxygens (including phenoxy) is 2. The average Bonchev–Trinajstić information content (AvgIpc) is 2.23. The van der Waals surface area contributed by atoms with E-state index in [4.69, 9.17) is 5.73 Å². The molecule has 0 unspecified atom stereocenters. The fraction of sp³-hybridized carbons (Fsp3) is 0.143. The van der Waals surface area contributed by atoms with E-state index in [1.54, 1.807) is 0 Å². The molecule has 0 aliphatic carbocycles. The molecule has 2 rings (SSSR count). The van der Waals surface area contributed by atoms with Crippen LogP contribution in [0.4, 0.5) is 14.5 Å². The van der Waals surface area contributed by atoms with Gasteiger partial charge in [0, 0.05) is 11.8 Å². The Hall–Kier alpha value is -1.04. The van der Waals surface area contributed by atoms with Crippen LogP contribution in [0.2, 0.25) is 0 Å². The lowest BCUT2D eigenvalue weighted by atomic mass is 10.3. The van der Waals surface area contributed by atoms with Crippen molar-refractivity contribution in [2.24, 2.45) is 0 Å². The van der Waals surface area contributed by atoms with Crippen molar-refractivity contribution in [1.82, 2.24) is 0 Å². The van der Waals surface area contributed by atoms with Crippen molar-refractivity contribution in [3.8, 4) is 11.5 Å². The van der Waals surface area contributed by atoms with Crippen LogP contribution in [-0.2, 0) is 0 Å². The van der Waals surface area contributed by atoms with Crippen LogP contribution >= 0.6 is 15.9 Å². The predicted molar refractivity (Wildman–Crippen MR) is 44.8 cm³/mol. The van der Waals surface area contributed by atoms with E-state index in [-0.39, 0.29) is 11.5 Å². The Bertz CT molecular complexity index is 370. The van der Waals surface area contributed by atoms with E-state index in [2.05, 4.69) is 25.4 Å². The largest absolute Gasteiger partial charge is 0.586 e. The predicted octanol–water partition coefficient (Wildman–Crippen LogP) is 2.35. The summed E-state index contributed by atoms with van der Waals surface area (Å²) < 4.78 is 33.8. The number of hydrogen-bond acceptors (Lipinski definition) is 3. The van der Waals surface area contributed by atoms with E-state index in [9.17, 15) is 8.78 Å². The van der Waals surface area contributed by atoms with Crippen molar-refractivity contribution in [3.63, 3.8) is 0 Å². The third-order valence-corrected chi connectivity index (χ3v) is 2.07. The zero-order valence-corrected chi connectivity index (χ0v) is 7.77. The van der Waals surface area contributed by atoms with Gasteiger partial charge in [-0.15, -0.1) is 8.78 Å². The molecule has 0 saturated carbocycles. The fourth-order valence-corrected chi connectivity index (χ4v) is 1.57. The van der Waals surface area contributed by atoms with E-state index in [1.807, 2.05) is 0 Å². The smallest absolute Gasteiger partial charge is 0.399 e. The molecule has 13 heavy (non-hydrogen) atoms. The molecule has 0 spiro atoms. The number of nitrogen functional groups attached to an aromatic ring is 1. The van der Waals surface area contributed by atoms with Crippen LogP contribution in [0.5, 0.6) is 11.5 Å². The Kier molecular flexibility index (Phi) is 1.63. The molecule has 0 fully saturated rings. The molecule has 1 aliphatic heterocycles. The summed E-state index contributed by atoms with van der Waals surface area (Å²) in [5.74, 6) is -0.0870. The van der Waals surface area contributed by atoms with Crippen LogP contribution in [0.15, 0.2) is 16.6 Å². The van der Waals surface area contributed by atoms with E-state index in [0.29, 0.717) is 10.2 Å². The van der Waals surface area contributed by atoms with Gasteiger partial charge in [-0.3, -0.25) is 0 Å². The number of fused-ring (bicyclic) bond motifs is 1. The van der Waals surface area contributed by atoms with Gasteiger partial charge in [-0.25, -0.2) is 0 Å². The molecule has 70 valence electrons. The Morgan fingerprint density at radius 1 is 1.31 bits per heavy atom. The molecule has 1 aliphatic rings. The minimum Gasteiger partial charge on any atom is -0.399 e. The number of alkyl halides is 2. The first kappa shape index (κ1) is 8.55. The molecule has 2 N–H and O–H groups in total. The molecular weight excluding hydrogens is 248 g/mol.